The highest BCUT2D eigenvalue weighted by Gasteiger charge is 2.26. The van der Waals surface area contributed by atoms with Gasteiger partial charge in [0, 0.05) is 30.9 Å². The molecule has 1 saturated heterocycles. The average molecular weight is 416 g/mol. The molecule has 10 heteroatoms. The van der Waals surface area contributed by atoms with Gasteiger partial charge in [0.1, 0.15) is 17.3 Å². The Morgan fingerprint density at radius 3 is 2.69 bits per heavy atom. The maximum Gasteiger partial charge on any atom is 0.227 e. The van der Waals surface area contributed by atoms with Gasteiger partial charge in [-0.1, -0.05) is 11.6 Å². The third-order valence-corrected chi connectivity index (χ3v) is 5.19. The monoisotopic (exact) mass is 415 g/mol. The molecule has 1 N–H and O–H groups in total. The van der Waals surface area contributed by atoms with Crippen LogP contribution in [0, 0.1) is 18.7 Å². The number of nitrogens with zero attached hydrogens (tertiary/aromatic N) is 6. The van der Waals surface area contributed by atoms with E-state index in [1.807, 2.05) is 6.07 Å². The lowest BCUT2D eigenvalue weighted by Crippen LogP contribution is -2.38. The lowest BCUT2D eigenvalue weighted by atomic mass is 9.95. The van der Waals surface area contributed by atoms with Crippen LogP contribution < -0.4 is 10.2 Å². The number of nitrogens with one attached hydrogen (secondary N) is 1. The molecule has 0 radical (unpaired) electrons. The predicted molar refractivity (Wildman–Crippen MR) is 107 cm³/mol. The molecule has 3 aromatic rings. The van der Waals surface area contributed by atoms with Gasteiger partial charge in [0.15, 0.2) is 5.82 Å². The van der Waals surface area contributed by atoms with Crippen LogP contribution in [-0.2, 0) is 4.79 Å². The number of benzene rings is 1. The number of piperidine rings is 1. The summed E-state index contributed by atoms with van der Waals surface area (Å²) in [4.78, 5) is 19.2. The first-order chi connectivity index (χ1) is 14.0. The van der Waals surface area contributed by atoms with Crippen molar-refractivity contribution in [3.63, 3.8) is 0 Å². The van der Waals surface area contributed by atoms with Crippen molar-refractivity contribution in [3.05, 3.63) is 53.2 Å². The van der Waals surface area contributed by atoms with Crippen molar-refractivity contribution in [3.8, 4) is 5.69 Å². The van der Waals surface area contributed by atoms with Gasteiger partial charge < -0.3 is 10.2 Å². The van der Waals surface area contributed by atoms with Crippen molar-refractivity contribution in [1.29, 1.82) is 0 Å². The molecule has 2 aromatic heterocycles. The van der Waals surface area contributed by atoms with Crippen LogP contribution in [0.2, 0.25) is 5.02 Å². The molecule has 0 aliphatic carbocycles. The predicted octanol–water partition coefficient (Wildman–Crippen LogP) is 3.01. The SMILES string of the molecule is Cc1nnnn1-c1cc(NC(=O)C2CCN(c3ccc(Cl)cn3)CC2)ccc1F. The topological polar surface area (TPSA) is 88.8 Å². The Kier molecular flexibility index (Phi) is 5.39. The summed E-state index contributed by atoms with van der Waals surface area (Å²) < 4.78 is 15.5. The van der Waals surface area contributed by atoms with Crippen LogP contribution >= 0.6 is 11.6 Å². The number of tetrazole rings is 1. The number of amides is 1. The van der Waals surface area contributed by atoms with E-state index in [-0.39, 0.29) is 17.5 Å². The number of carbonyl (C=O) groups excluding carboxylic acids is 1. The van der Waals surface area contributed by atoms with Crippen molar-refractivity contribution >= 4 is 29.0 Å². The normalized spacial score (nSPS) is 14.8. The largest absolute Gasteiger partial charge is 0.357 e. The molecule has 0 atom stereocenters. The zero-order valence-corrected chi connectivity index (χ0v) is 16.5. The second kappa shape index (κ2) is 8.12. The number of carbonyl (C=O) groups is 1. The first-order valence-electron chi connectivity index (χ1n) is 9.23. The van der Waals surface area contributed by atoms with Gasteiger partial charge in [-0.3, -0.25) is 4.79 Å². The van der Waals surface area contributed by atoms with Gasteiger partial charge in [0.25, 0.3) is 0 Å². The van der Waals surface area contributed by atoms with E-state index in [9.17, 15) is 9.18 Å². The molecule has 1 amide bonds. The third kappa shape index (κ3) is 4.19. The summed E-state index contributed by atoms with van der Waals surface area (Å²) >= 11 is 5.88. The molecule has 150 valence electrons. The van der Waals surface area contributed by atoms with Crippen molar-refractivity contribution in [2.45, 2.75) is 19.8 Å². The van der Waals surface area contributed by atoms with Gasteiger partial charge in [0.2, 0.25) is 5.91 Å². The Labute approximate surface area is 171 Å². The number of aryl methyl sites for hydroxylation is 1. The Morgan fingerprint density at radius 2 is 2.03 bits per heavy atom. The van der Waals surface area contributed by atoms with E-state index in [0.29, 0.717) is 29.4 Å². The minimum absolute atomic E-state index is 0.0836. The minimum atomic E-state index is -0.470. The summed E-state index contributed by atoms with van der Waals surface area (Å²) in [6.07, 6.45) is 3.03. The number of halogens is 2. The standard InChI is InChI=1S/C19H19ClFN7O/c1-12-24-25-26-28(12)17-10-15(3-4-16(17)21)23-19(29)13-6-8-27(9-7-13)18-5-2-14(20)11-22-18/h2-5,10-11,13H,6-9H2,1H3,(H,23,29). The molecule has 1 aliphatic rings. The van der Waals surface area contributed by atoms with E-state index in [4.69, 9.17) is 11.6 Å². The van der Waals surface area contributed by atoms with E-state index < -0.39 is 5.82 Å². The first kappa shape index (κ1) is 19.3. The van der Waals surface area contributed by atoms with Crippen LogP contribution in [0.25, 0.3) is 5.69 Å². The summed E-state index contributed by atoms with van der Waals surface area (Å²) in [5.41, 5.74) is 0.692. The Hall–Kier alpha value is -3.07. The smallest absolute Gasteiger partial charge is 0.227 e. The Bertz CT molecular complexity index is 1020. The molecule has 1 aromatic carbocycles. The van der Waals surface area contributed by atoms with Crippen LogP contribution in [0.1, 0.15) is 18.7 Å². The van der Waals surface area contributed by atoms with E-state index >= 15 is 0 Å². The lowest BCUT2D eigenvalue weighted by molar-refractivity contribution is -0.120. The summed E-state index contributed by atoms with van der Waals surface area (Å²) in [5.74, 6) is 0.632. The molecule has 0 bridgehead atoms. The Balaban J connectivity index is 1.40. The fourth-order valence-corrected chi connectivity index (χ4v) is 3.49. The van der Waals surface area contributed by atoms with E-state index in [2.05, 4.69) is 30.7 Å². The molecular weight excluding hydrogens is 397 g/mol. The lowest BCUT2D eigenvalue weighted by Gasteiger charge is -2.32. The Morgan fingerprint density at radius 1 is 1.24 bits per heavy atom. The minimum Gasteiger partial charge on any atom is -0.357 e. The fourth-order valence-electron chi connectivity index (χ4n) is 3.38. The number of hydrogen-bond acceptors (Lipinski definition) is 6. The summed E-state index contributed by atoms with van der Waals surface area (Å²) in [6, 6.07) is 8.04. The fraction of sp³-hybridized carbons (Fsp3) is 0.316. The van der Waals surface area contributed by atoms with Gasteiger partial charge in [-0.2, -0.15) is 4.68 Å². The number of rotatable bonds is 4. The zero-order chi connectivity index (χ0) is 20.4. The van der Waals surface area contributed by atoms with Crippen LogP contribution in [-0.4, -0.2) is 44.2 Å². The third-order valence-electron chi connectivity index (χ3n) is 4.97. The first-order valence-corrected chi connectivity index (χ1v) is 9.61. The van der Waals surface area contributed by atoms with Crippen LogP contribution in [0.15, 0.2) is 36.5 Å². The van der Waals surface area contributed by atoms with Crippen LogP contribution in [0.3, 0.4) is 0 Å². The summed E-state index contributed by atoms with van der Waals surface area (Å²) in [5, 5.41) is 14.6. The van der Waals surface area contributed by atoms with Crippen molar-refractivity contribution in [2.75, 3.05) is 23.3 Å². The van der Waals surface area contributed by atoms with Gasteiger partial charge in [0.05, 0.1) is 5.02 Å². The second-order valence-electron chi connectivity index (χ2n) is 6.89. The van der Waals surface area contributed by atoms with Gasteiger partial charge in [-0.15, -0.1) is 5.10 Å². The zero-order valence-electron chi connectivity index (χ0n) is 15.7. The molecular formula is C19H19ClFN7O. The molecule has 1 fully saturated rings. The maximum absolute atomic E-state index is 14.2. The second-order valence-corrected chi connectivity index (χ2v) is 7.33. The summed E-state index contributed by atoms with van der Waals surface area (Å²) in [6.45, 7) is 3.13. The molecule has 0 unspecified atom stereocenters. The van der Waals surface area contributed by atoms with E-state index in [0.717, 1.165) is 18.9 Å². The highest BCUT2D eigenvalue weighted by atomic mass is 35.5. The van der Waals surface area contributed by atoms with E-state index in [1.165, 1.54) is 22.9 Å². The highest BCUT2D eigenvalue weighted by Crippen LogP contribution is 2.25. The summed E-state index contributed by atoms with van der Waals surface area (Å²) in [7, 11) is 0. The molecule has 1 aliphatic heterocycles. The van der Waals surface area contributed by atoms with Crippen LogP contribution in [0.4, 0.5) is 15.9 Å². The number of pyridine rings is 1. The van der Waals surface area contributed by atoms with Crippen molar-refractivity contribution in [1.82, 2.24) is 25.2 Å². The molecule has 8 nitrogen and oxygen atoms in total. The van der Waals surface area contributed by atoms with E-state index in [1.54, 1.807) is 19.2 Å². The van der Waals surface area contributed by atoms with Crippen LogP contribution in [0.5, 0.6) is 0 Å². The number of anilines is 2. The molecule has 0 spiro atoms. The molecule has 3 heterocycles. The number of aromatic nitrogens is 5. The molecule has 4 rings (SSSR count). The quantitative estimate of drug-likeness (QED) is 0.704. The van der Waals surface area contributed by atoms with Gasteiger partial charge >= 0.3 is 0 Å². The highest BCUT2D eigenvalue weighted by molar-refractivity contribution is 6.30. The molecule has 29 heavy (non-hydrogen) atoms. The maximum atomic E-state index is 14.2. The van der Waals surface area contributed by atoms with Crippen molar-refractivity contribution < 1.29 is 9.18 Å². The van der Waals surface area contributed by atoms with Gasteiger partial charge in [-0.05, 0) is 60.5 Å². The van der Waals surface area contributed by atoms with Gasteiger partial charge in [-0.25, -0.2) is 9.37 Å². The average Bonchev–Trinajstić information content (AvgIpc) is 3.16. The van der Waals surface area contributed by atoms with Crippen molar-refractivity contribution in [2.24, 2.45) is 5.92 Å². The molecule has 0 saturated carbocycles. The number of hydrogen-bond donors (Lipinski definition) is 1.